The van der Waals surface area contributed by atoms with Crippen LogP contribution < -0.4 is 5.32 Å². The van der Waals surface area contributed by atoms with Crippen LogP contribution in [0.4, 0.5) is 5.82 Å². The molecule has 1 atom stereocenters. The summed E-state index contributed by atoms with van der Waals surface area (Å²) in [5.41, 5.74) is 3.54. The molecule has 1 aliphatic heterocycles. The second kappa shape index (κ2) is 6.66. The van der Waals surface area contributed by atoms with E-state index in [2.05, 4.69) is 5.32 Å². The number of carbonyl (C=O) groups excluding carboxylic acids is 1. The van der Waals surface area contributed by atoms with Gasteiger partial charge in [-0.1, -0.05) is 36.4 Å². The lowest BCUT2D eigenvalue weighted by atomic mass is 10.1. The van der Waals surface area contributed by atoms with Gasteiger partial charge in [0.1, 0.15) is 17.2 Å². The average Bonchev–Trinajstić information content (AvgIpc) is 3.03. The molecule has 0 radical (unpaired) electrons. The van der Waals surface area contributed by atoms with Gasteiger partial charge in [0, 0.05) is 11.8 Å². The topological polar surface area (TPSA) is 64.9 Å². The molecular weight excluding hydrogens is 318 g/mol. The standard InChI is InChI=1S/C19H19N3O3/c1-13-6-5-9-22-17(13)20-16(14-7-3-2-4-8-14)18(22)21-19(23)15-12-24-10-11-25-15/h2-9,15H,10-12H2,1H3,(H,21,23)/t15-/m0/s1. The largest absolute Gasteiger partial charge is 0.376 e. The first-order valence-corrected chi connectivity index (χ1v) is 8.27. The molecule has 128 valence electrons. The monoisotopic (exact) mass is 337 g/mol. The minimum Gasteiger partial charge on any atom is -0.376 e. The van der Waals surface area contributed by atoms with Crippen LogP contribution in [-0.2, 0) is 14.3 Å². The van der Waals surface area contributed by atoms with E-state index in [1.807, 2.05) is 60.0 Å². The number of rotatable bonds is 3. The molecule has 2 aromatic heterocycles. The van der Waals surface area contributed by atoms with Gasteiger partial charge in [-0.2, -0.15) is 0 Å². The van der Waals surface area contributed by atoms with Crippen LogP contribution in [-0.4, -0.2) is 41.2 Å². The molecule has 3 aromatic rings. The molecule has 1 aromatic carbocycles. The summed E-state index contributed by atoms with van der Waals surface area (Å²) in [7, 11) is 0. The van der Waals surface area contributed by atoms with Crippen molar-refractivity contribution in [2.24, 2.45) is 0 Å². The van der Waals surface area contributed by atoms with Crippen molar-refractivity contribution in [1.82, 2.24) is 9.38 Å². The number of imidazole rings is 1. The van der Waals surface area contributed by atoms with Gasteiger partial charge in [0.05, 0.1) is 19.8 Å². The van der Waals surface area contributed by atoms with Gasteiger partial charge in [0.15, 0.2) is 6.10 Å². The lowest BCUT2D eigenvalue weighted by molar-refractivity contribution is -0.142. The first-order valence-electron chi connectivity index (χ1n) is 8.27. The van der Waals surface area contributed by atoms with E-state index in [-0.39, 0.29) is 12.5 Å². The van der Waals surface area contributed by atoms with E-state index >= 15 is 0 Å². The SMILES string of the molecule is Cc1cccn2c(NC(=O)[C@@H]3COCCO3)c(-c3ccccc3)nc12. The molecule has 6 nitrogen and oxygen atoms in total. The van der Waals surface area contributed by atoms with Gasteiger partial charge in [-0.15, -0.1) is 0 Å². The number of fused-ring (bicyclic) bond motifs is 1. The number of benzene rings is 1. The van der Waals surface area contributed by atoms with Crippen LogP contribution in [0.2, 0.25) is 0 Å². The Bertz CT molecular complexity index is 899. The van der Waals surface area contributed by atoms with E-state index in [0.717, 1.165) is 22.5 Å². The number of anilines is 1. The number of hydrogen-bond acceptors (Lipinski definition) is 4. The van der Waals surface area contributed by atoms with E-state index in [1.54, 1.807) is 0 Å². The zero-order valence-electron chi connectivity index (χ0n) is 13.9. The van der Waals surface area contributed by atoms with Gasteiger partial charge < -0.3 is 14.8 Å². The van der Waals surface area contributed by atoms with Gasteiger partial charge in [-0.25, -0.2) is 4.98 Å². The summed E-state index contributed by atoms with van der Waals surface area (Å²) in [4.78, 5) is 17.4. The third kappa shape index (κ3) is 3.01. The zero-order valence-corrected chi connectivity index (χ0v) is 13.9. The van der Waals surface area contributed by atoms with E-state index in [1.165, 1.54) is 0 Å². The maximum absolute atomic E-state index is 12.6. The highest BCUT2D eigenvalue weighted by atomic mass is 16.6. The molecule has 3 heterocycles. The predicted molar refractivity (Wildman–Crippen MR) is 94.6 cm³/mol. The van der Waals surface area contributed by atoms with E-state index in [9.17, 15) is 4.79 Å². The summed E-state index contributed by atoms with van der Waals surface area (Å²) in [5.74, 6) is 0.421. The quantitative estimate of drug-likeness (QED) is 0.798. The second-order valence-electron chi connectivity index (χ2n) is 5.98. The Kier molecular flexibility index (Phi) is 4.21. The molecule has 0 saturated carbocycles. The molecule has 1 amide bonds. The Hall–Kier alpha value is -2.70. The summed E-state index contributed by atoms with van der Waals surface area (Å²) < 4.78 is 12.7. The average molecular weight is 337 g/mol. The second-order valence-corrected chi connectivity index (χ2v) is 5.98. The van der Waals surface area contributed by atoms with Gasteiger partial charge in [-0.3, -0.25) is 9.20 Å². The predicted octanol–water partition coefficient (Wildman–Crippen LogP) is 2.66. The lowest BCUT2D eigenvalue weighted by Gasteiger charge is -2.22. The van der Waals surface area contributed by atoms with Crippen LogP contribution >= 0.6 is 0 Å². The third-order valence-electron chi connectivity index (χ3n) is 4.24. The molecule has 6 heteroatoms. The van der Waals surface area contributed by atoms with Crippen molar-refractivity contribution in [3.63, 3.8) is 0 Å². The Labute approximate surface area is 145 Å². The van der Waals surface area contributed by atoms with Crippen LogP contribution in [0.25, 0.3) is 16.9 Å². The third-order valence-corrected chi connectivity index (χ3v) is 4.24. The first-order chi connectivity index (χ1) is 12.2. The van der Waals surface area contributed by atoms with Crippen LogP contribution in [0.15, 0.2) is 48.7 Å². The summed E-state index contributed by atoms with van der Waals surface area (Å²) in [5, 5.41) is 2.99. The van der Waals surface area contributed by atoms with Crippen LogP contribution in [0.3, 0.4) is 0 Å². The van der Waals surface area contributed by atoms with Crippen LogP contribution in [0, 0.1) is 6.92 Å². The minimum atomic E-state index is -0.604. The molecule has 4 rings (SSSR count). The first kappa shape index (κ1) is 15.8. The number of carbonyl (C=O) groups is 1. The molecule has 25 heavy (non-hydrogen) atoms. The molecule has 1 N–H and O–H groups in total. The summed E-state index contributed by atoms with van der Waals surface area (Å²) in [6.07, 6.45) is 1.29. The molecular formula is C19H19N3O3. The van der Waals surface area contributed by atoms with Gasteiger partial charge in [-0.05, 0) is 18.6 Å². The number of aromatic nitrogens is 2. The van der Waals surface area contributed by atoms with Gasteiger partial charge in [0.2, 0.25) is 0 Å². The fraction of sp³-hybridized carbons (Fsp3) is 0.263. The van der Waals surface area contributed by atoms with Crippen LogP contribution in [0.5, 0.6) is 0 Å². The van der Waals surface area contributed by atoms with E-state index in [4.69, 9.17) is 14.5 Å². The molecule has 0 bridgehead atoms. The summed E-state index contributed by atoms with van der Waals surface area (Å²) >= 11 is 0. The van der Waals surface area contributed by atoms with Gasteiger partial charge in [0.25, 0.3) is 5.91 Å². The Morgan fingerprint density at radius 3 is 2.80 bits per heavy atom. The van der Waals surface area contributed by atoms with E-state index < -0.39 is 6.10 Å². The maximum Gasteiger partial charge on any atom is 0.257 e. The number of pyridine rings is 1. The Morgan fingerprint density at radius 1 is 1.20 bits per heavy atom. The fourth-order valence-corrected chi connectivity index (χ4v) is 2.96. The molecule has 1 saturated heterocycles. The Balaban J connectivity index is 1.78. The van der Waals surface area contributed by atoms with Crippen molar-refractivity contribution in [3.8, 4) is 11.3 Å². The Morgan fingerprint density at radius 2 is 2.04 bits per heavy atom. The highest BCUT2D eigenvalue weighted by molar-refractivity contribution is 5.97. The molecule has 0 aliphatic carbocycles. The van der Waals surface area contributed by atoms with Crippen molar-refractivity contribution in [2.75, 3.05) is 25.1 Å². The van der Waals surface area contributed by atoms with Crippen molar-refractivity contribution in [3.05, 3.63) is 54.2 Å². The smallest absolute Gasteiger partial charge is 0.257 e. The highest BCUT2D eigenvalue weighted by Crippen LogP contribution is 2.30. The molecule has 1 aliphatic rings. The number of aryl methyl sites for hydroxylation is 1. The lowest BCUT2D eigenvalue weighted by Crippen LogP contribution is -2.39. The molecule has 1 fully saturated rings. The van der Waals surface area contributed by atoms with E-state index in [0.29, 0.717) is 19.0 Å². The summed E-state index contributed by atoms with van der Waals surface area (Å²) in [6, 6.07) is 13.8. The van der Waals surface area contributed by atoms with Gasteiger partial charge >= 0.3 is 0 Å². The molecule has 0 unspecified atom stereocenters. The van der Waals surface area contributed by atoms with Crippen molar-refractivity contribution < 1.29 is 14.3 Å². The van der Waals surface area contributed by atoms with Crippen molar-refractivity contribution in [2.45, 2.75) is 13.0 Å². The summed E-state index contributed by atoms with van der Waals surface area (Å²) in [6.45, 7) is 3.22. The highest BCUT2D eigenvalue weighted by Gasteiger charge is 2.25. The maximum atomic E-state index is 12.6. The normalized spacial score (nSPS) is 17.6. The number of amides is 1. The van der Waals surface area contributed by atoms with Crippen molar-refractivity contribution in [1.29, 1.82) is 0 Å². The number of nitrogens with zero attached hydrogens (tertiary/aromatic N) is 2. The molecule has 0 spiro atoms. The number of ether oxygens (including phenoxy) is 2. The fourth-order valence-electron chi connectivity index (χ4n) is 2.96. The minimum absolute atomic E-state index is 0.222. The van der Waals surface area contributed by atoms with Crippen LogP contribution in [0.1, 0.15) is 5.56 Å². The zero-order chi connectivity index (χ0) is 17.2. The number of nitrogens with one attached hydrogen (secondary N) is 1. The van der Waals surface area contributed by atoms with Crippen molar-refractivity contribution >= 4 is 17.4 Å². The number of hydrogen-bond donors (Lipinski definition) is 1.